The maximum atomic E-state index is 13.7. The second-order valence-electron chi connectivity index (χ2n) is 4.44. The number of rotatable bonds is 3. The Hall–Kier alpha value is -1.54. The van der Waals surface area contributed by atoms with Crippen molar-refractivity contribution in [1.82, 2.24) is 9.62 Å². The minimum atomic E-state index is -4.24. The normalized spacial score (nSPS) is 20.1. The molecule has 0 saturated carbocycles. The van der Waals surface area contributed by atoms with Crippen molar-refractivity contribution in [3.8, 4) is 0 Å². The third kappa shape index (κ3) is 2.40. The van der Waals surface area contributed by atoms with Crippen LogP contribution >= 0.6 is 0 Å². The van der Waals surface area contributed by atoms with Crippen LogP contribution in [-0.4, -0.2) is 38.3 Å². The molecule has 0 aliphatic carbocycles. The van der Waals surface area contributed by atoms with Crippen LogP contribution in [-0.2, 0) is 14.8 Å². The predicted molar refractivity (Wildman–Crippen MR) is 67.3 cm³/mol. The fourth-order valence-corrected chi connectivity index (χ4v) is 4.00. The molecular weight excluding hydrogens is 290 g/mol. The number of carbonyl (C=O) groups is 1. The van der Waals surface area contributed by atoms with Crippen LogP contribution in [0.5, 0.6) is 0 Å². The van der Waals surface area contributed by atoms with Crippen molar-refractivity contribution in [2.75, 3.05) is 13.6 Å². The molecule has 1 aliphatic rings. The summed E-state index contributed by atoms with van der Waals surface area (Å²) in [5.41, 5.74) is 0. The summed E-state index contributed by atoms with van der Waals surface area (Å²) in [5.74, 6) is -3.11. The summed E-state index contributed by atoms with van der Waals surface area (Å²) < 4.78 is 52.5. The highest BCUT2D eigenvalue weighted by Crippen LogP contribution is 2.28. The first-order valence-corrected chi connectivity index (χ1v) is 7.51. The van der Waals surface area contributed by atoms with Gasteiger partial charge in [0.2, 0.25) is 15.9 Å². The van der Waals surface area contributed by atoms with E-state index >= 15 is 0 Å². The molecule has 110 valence electrons. The third-order valence-corrected chi connectivity index (χ3v) is 5.18. The topological polar surface area (TPSA) is 66.5 Å². The number of hydrogen-bond donors (Lipinski definition) is 1. The van der Waals surface area contributed by atoms with Gasteiger partial charge in [0.25, 0.3) is 0 Å². The standard InChI is InChI=1S/C12H14F2N2O3S/c1-15-12(17)9-5-3-7-16(9)20(18,19)10-6-2-4-8(13)11(10)14/h2,4,6,9H,3,5,7H2,1H3,(H,15,17)/t9-/m1/s1. The van der Waals surface area contributed by atoms with Gasteiger partial charge < -0.3 is 5.32 Å². The van der Waals surface area contributed by atoms with E-state index in [1.807, 2.05) is 0 Å². The summed E-state index contributed by atoms with van der Waals surface area (Å²) >= 11 is 0. The highest BCUT2D eigenvalue weighted by Gasteiger charge is 2.40. The van der Waals surface area contributed by atoms with Crippen LogP contribution in [0.25, 0.3) is 0 Å². The van der Waals surface area contributed by atoms with E-state index < -0.39 is 38.5 Å². The average Bonchev–Trinajstić information content (AvgIpc) is 2.90. The molecule has 1 saturated heterocycles. The highest BCUT2D eigenvalue weighted by atomic mass is 32.2. The number of nitrogens with zero attached hydrogens (tertiary/aromatic N) is 1. The third-order valence-electron chi connectivity index (χ3n) is 3.26. The van der Waals surface area contributed by atoms with E-state index in [0.29, 0.717) is 12.8 Å². The Labute approximate surface area is 115 Å². The minimum absolute atomic E-state index is 0.108. The zero-order chi connectivity index (χ0) is 14.9. The van der Waals surface area contributed by atoms with E-state index in [9.17, 15) is 22.0 Å². The Morgan fingerprint density at radius 3 is 2.75 bits per heavy atom. The fraction of sp³-hybridized carbons (Fsp3) is 0.417. The van der Waals surface area contributed by atoms with E-state index in [0.717, 1.165) is 22.5 Å². The molecule has 1 N–H and O–H groups in total. The van der Waals surface area contributed by atoms with Gasteiger partial charge in [-0.25, -0.2) is 17.2 Å². The van der Waals surface area contributed by atoms with Crippen LogP contribution in [0.3, 0.4) is 0 Å². The molecule has 0 spiro atoms. The molecule has 1 aromatic rings. The number of benzene rings is 1. The van der Waals surface area contributed by atoms with Gasteiger partial charge in [0.15, 0.2) is 11.6 Å². The minimum Gasteiger partial charge on any atom is -0.358 e. The fourth-order valence-electron chi connectivity index (χ4n) is 2.27. The number of nitrogens with one attached hydrogen (secondary N) is 1. The number of amides is 1. The van der Waals surface area contributed by atoms with Gasteiger partial charge in [-0.05, 0) is 25.0 Å². The quantitative estimate of drug-likeness (QED) is 0.901. The lowest BCUT2D eigenvalue weighted by atomic mass is 10.2. The molecule has 0 bridgehead atoms. The van der Waals surface area contributed by atoms with Gasteiger partial charge in [-0.15, -0.1) is 0 Å². The molecule has 1 heterocycles. The number of hydrogen-bond acceptors (Lipinski definition) is 3. The Bertz CT molecular complexity index is 634. The first-order chi connectivity index (χ1) is 9.39. The number of carbonyl (C=O) groups excluding carboxylic acids is 1. The molecule has 2 rings (SSSR count). The van der Waals surface area contributed by atoms with Gasteiger partial charge in [-0.3, -0.25) is 4.79 Å². The Balaban J connectivity index is 2.44. The highest BCUT2D eigenvalue weighted by molar-refractivity contribution is 7.89. The molecule has 5 nitrogen and oxygen atoms in total. The van der Waals surface area contributed by atoms with Crippen molar-refractivity contribution in [3.05, 3.63) is 29.8 Å². The van der Waals surface area contributed by atoms with Gasteiger partial charge in [-0.1, -0.05) is 6.07 Å². The Morgan fingerprint density at radius 2 is 2.10 bits per heavy atom. The second-order valence-corrected chi connectivity index (χ2v) is 6.30. The second kappa shape index (κ2) is 5.45. The van der Waals surface area contributed by atoms with Crippen LogP contribution in [0.15, 0.2) is 23.1 Å². The lowest BCUT2D eigenvalue weighted by molar-refractivity contribution is -0.123. The maximum Gasteiger partial charge on any atom is 0.246 e. The lowest BCUT2D eigenvalue weighted by Crippen LogP contribution is -2.45. The summed E-state index contributed by atoms with van der Waals surface area (Å²) in [7, 11) is -2.84. The first kappa shape index (κ1) is 14.9. The molecule has 8 heteroatoms. The predicted octanol–water partition coefficient (Wildman–Crippen LogP) is 0.864. The molecule has 20 heavy (non-hydrogen) atoms. The molecule has 0 aromatic heterocycles. The molecule has 0 radical (unpaired) electrons. The van der Waals surface area contributed by atoms with Gasteiger partial charge in [0.05, 0.1) is 0 Å². The SMILES string of the molecule is CNC(=O)[C@H]1CCCN1S(=O)(=O)c1cccc(F)c1F. The largest absolute Gasteiger partial charge is 0.358 e. The van der Waals surface area contributed by atoms with E-state index in [1.54, 1.807) is 0 Å². The van der Waals surface area contributed by atoms with Crippen LogP contribution in [0, 0.1) is 11.6 Å². The van der Waals surface area contributed by atoms with Crippen molar-refractivity contribution in [2.45, 2.75) is 23.8 Å². The van der Waals surface area contributed by atoms with Crippen molar-refractivity contribution in [1.29, 1.82) is 0 Å². The van der Waals surface area contributed by atoms with Gasteiger partial charge in [0.1, 0.15) is 10.9 Å². The summed E-state index contributed by atoms with van der Waals surface area (Å²) in [4.78, 5) is 10.9. The number of likely N-dealkylation sites (N-methyl/N-ethyl adjacent to an activating group) is 1. The molecule has 1 aliphatic heterocycles. The van der Waals surface area contributed by atoms with Gasteiger partial charge in [-0.2, -0.15) is 4.31 Å². The van der Waals surface area contributed by atoms with E-state index in [2.05, 4.69) is 5.32 Å². The molecular formula is C12H14F2N2O3S. The van der Waals surface area contributed by atoms with E-state index in [-0.39, 0.29) is 6.54 Å². The molecule has 1 atom stereocenters. The summed E-state index contributed by atoms with van der Waals surface area (Å²) in [6, 6.07) is 2.07. The van der Waals surface area contributed by atoms with Gasteiger partial charge >= 0.3 is 0 Å². The molecule has 1 aromatic carbocycles. The van der Waals surface area contributed by atoms with Crippen LogP contribution in [0.2, 0.25) is 0 Å². The average molecular weight is 304 g/mol. The van der Waals surface area contributed by atoms with Gasteiger partial charge in [0, 0.05) is 13.6 Å². The van der Waals surface area contributed by atoms with Crippen LogP contribution < -0.4 is 5.32 Å². The summed E-state index contributed by atoms with van der Waals surface area (Å²) in [6.45, 7) is 0.108. The maximum absolute atomic E-state index is 13.7. The smallest absolute Gasteiger partial charge is 0.246 e. The Morgan fingerprint density at radius 1 is 1.40 bits per heavy atom. The lowest BCUT2D eigenvalue weighted by Gasteiger charge is -2.23. The van der Waals surface area contributed by atoms with E-state index in [1.165, 1.54) is 7.05 Å². The van der Waals surface area contributed by atoms with Crippen molar-refractivity contribution < 1.29 is 22.0 Å². The first-order valence-electron chi connectivity index (χ1n) is 6.07. The van der Waals surface area contributed by atoms with E-state index in [4.69, 9.17) is 0 Å². The zero-order valence-corrected chi connectivity index (χ0v) is 11.6. The van der Waals surface area contributed by atoms with Crippen LogP contribution in [0.1, 0.15) is 12.8 Å². The van der Waals surface area contributed by atoms with Crippen LogP contribution in [0.4, 0.5) is 8.78 Å². The van der Waals surface area contributed by atoms with Crippen molar-refractivity contribution in [2.24, 2.45) is 0 Å². The molecule has 1 fully saturated rings. The molecule has 0 unspecified atom stereocenters. The number of halogens is 2. The monoisotopic (exact) mass is 304 g/mol. The summed E-state index contributed by atoms with van der Waals surface area (Å²) in [6.07, 6.45) is 0.851. The van der Waals surface area contributed by atoms with Crippen molar-refractivity contribution >= 4 is 15.9 Å². The summed E-state index contributed by atoms with van der Waals surface area (Å²) in [5, 5.41) is 2.37. The number of sulfonamides is 1. The van der Waals surface area contributed by atoms with Crippen molar-refractivity contribution in [3.63, 3.8) is 0 Å². The zero-order valence-electron chi connectivity index (χ0n) is 10.8. The molecule has 1 amide bonds. The Kier molecular flexibility index (Phi) is 4.05.